The molecule has 4 rings (SSSR count). The lowest BCUT2D eigenvalue weighted by Gasteiger charge is -2.20. The first-order valence-corrected chi connectivity index (χ1v) is 12.0. The van der Waals surface area contributed by atoms with Crippen LogP contribution in [0.2, 0.25) is 0 Å². The zero-order chi connectivity index (χ0) is 22.9. The van der Waals surface area contributed by atoms with Crippen molar-refractivity contribution in [3.8, 4) is 11.5 Å². The van der Waals surface area contributed by atoms with Gasteiger partial charge < -0.3 is 9.47 Å². The maximum atomic E-state index is 12.5. The summed E-state index contributed by atoms with van der Waals surface area (Å²) in [7, 11) is -2.08. The summed E-state index contributed by atoms with van der Waals surface area (Å²) in [4.78, 5) is 16.4. The molecule has 0 bridgehead atoms. The molecule has 2 aromatic rings. The van der Waals surface area contributed by atoms with Crippen LogP contribution in [-0.2, 0) is 21.2 Å². The monoisotopic (exact) mass is 470 g/mol. The minimum absolute atomic E-state index is 0.0205. The highest BCUT2D eigenvalue weighted by Gasteiger charge is 2.38. The van der Waals surface area contributed by atoms with E-state index in [0.29, 0.717) is 23.7 Å². The lowest BCUT2D eigenvalue weighted by molar-refractivity contribution is -0.114. The van der Waals surface area contributed by atoms with Crippen LogP contribution in [0.25, 0.3) is 6.08 Å². The molecule has 0 aromatic heterocycles. The van der Waals surface area contributed by atoms with Crippen molar-refractivity contribution in [3.63, 3.8) is 0 Å². The number of hydrogen-bond acceptors (Lipinski definition) is 8. The van der Waals surface area contributed by atoms with Gasteiger partial charge in [-0.05, 0) is 41.1 Å². The molecule has 0 aliphatic carbocycles. The number of carbonyl (C=O) groups excluding carboxylic acids is 1. The summed E-state index contributed by atoms with van der Waals surface area (Å²) >= 11 is 0.742. The van der Waals surface area contributed by atoms with Gasteiger partial charge in [-0.15, -0.1) is 5.10 Å². The van der Waals surface area contributed by atoms with E-state index in [4.69, 9.17) is 14.9 Å². The number of methoxy groups -OCH3 is 1. The second-order valence-electron chi connectivity index (χ2n) is 6.84. The molecule has 2 aromatic carbocycles. The fourth-order valence-electron chi connectivity index (χ4n) is 2.92. The van der Waals surface area contributed by atoms with E-state index in [0.717, 1.165) is 28.6 Å². The predicted octanol–water partition coefficient (Wildman–Crippen LogP) is 2.90. The van der Waals surface area contributed by atoms with Crippen molar-refractivity contribution < 1.29 is 22.7 Å². The number of fused-ring (bicyclic) bond motifs is 1. The Hall–Kier alpha value is -3.44. The minimum Gasteiger partial charge on any atom is -0.493 e. The van der Waals surface area contributed by atoms with Gasteiger partial charge in [0, 0.05) is 6.26 Å². The van der Waals surface area contributed by atoms with Gasteiger partial charge in [0.2, 0.25) is 19.4 Å². The Morgan fingerprint density at radius 1 is 1.16 bits per heavy atom. The van der Waals surface area contributed by atoms with E-state index in [1.54, 1.807) is 18.2 Å². The summed E-state index contributed by atoms with van der Waals surface area (Å²) in [5.74, 6) is 0.0853. The van der Waals surface area contributed by atoms with E-state index in [9.17, 15) is 13.2 Å². The molecule has 0 fully saturated rings. The van der Waals surface area contributed by atoms with Gasteiger partial charge in [-0.25, -0.2) is 8.42 Å². The van der Waals surface area contributed by atoms with E-state index in [2.05, 4.69) is 10.1 Å². The van der Waals surface area contributed by atoms with Gasteiger partial charge in [-0.2, -0.15) is 10.0 Å². The van der Waals surface area contributed by atoms with Gasteiger partial charge in [-0.1, -0.05) is 36.4 Å². The van der Waals surface area contributed by atoms with Gasteiger partial charge in [0.05, 0.1) is 12.7 Å². The molecule has 32 heavy (non-hydrogen) atoms. The number of ether oxygens (including phenoxy) is 2. The molecule has 2 aliphatic rings. The van der Waals surface area contributed by atoms with Crippen LogP contribution in [0.15, 0.2) is 64.2 Å². The van der Waals surface area contributed by atoms with Gasteiger partial charge in [-0.3, -0.25) is 10.2 Å². The Morgan fingerprint density at radius 2 is 1.91 bits per heavy atom. The Labute approximate surface area is 188 Å². The van der Waals surface area contributed by atoms with Crippen LogP contribution in [0.4, 0.5) is 0 Å². The Morgan fingerprint density at radius 3 is 2.59 bits per heavy atom. The van der Waals surface area contributed by atoms with Crippen LogP contribution < -0.4 is 9.47 Å². The number of benzene rings is 2. The number of carbonyl (C=O) groups is 1. The molecule has 0 atom stereocenters. The molecule has 1 amide bonds. The summed E-state index contributed by atoms with van der Waals surface area (Å²) in [5, 5.41) is 13.3. The van der Waals surface area contributed by atoms with Crippen LogP contribution in [0, 0.1) is 5.41 Å². The molecule has 0 spiro atoms. The zero-order valence-corrected chi connectivity index (χ0v) is 18.7. The molecule has 164 valence electrons. The standard InChI is InChI=1S/C21H18N4O5S2/c1-29-17-11-14(8-9-16(17)30-12-13-6-4-3-5-7-13)10-15-18(22)25-20(23-19(15)26)31-21(24-25)32(2,27)28/h3-11,22H,12H2,1-2H3/b15-10-,22-18?. The number of amidine groups is 2. The number of nitrogens with zero attached hydrogens (tertiary/aromatic N) is 3. The zero-order valence-electron chi connectivity index (χ0n) is 17.1. The summed E-state index contributed by atoms with van der Waals surface area (Å²) in [6.45, 7) is 0.367. The number of aliphatic imine (C=N–C) groups is 1. The molecular formula is C21H18N4O5S2. The van der Waals surface area contributed by atoms with Crippen LogP contribution in [0.3, 0.4) is 0 Å². The molecule has 9 nitrogen and oxygen atoms in total. The number of hydrogen-bond donors (Lipinski definition) is 1. The number of rotatable bonds is 5. The summed E-state index contributed by atoms with van der Waals surface area (Å²) in [6, 6.07) is 14.8. The fourth-order valence-corrected chi connectivity index (χ4v) is 4.60. The SMILES string of the molecule is COc1cc(/C=C2/C(=N)N3N=C(S(C)(=O)=O)SC3=NC2=O)ccc1OCc1ccccc1. The van der Waals surface area contributed by atoms with E-state index < -0.39 is 15.7 Å². The number of sulfone groups is 1. The smallest absolute Gasteiger partial charge is 0.283 e. The van der Waals surface area contributed by atoms with E-state index in [1.165, 1.54) is 13.2 Å². The van der Waals surface area contributed by atoms with Gasteiger partial charge in [0.1, 0.15) is 6.61 Å². The predicted molar refractivity (Wildman–Crippen MR) is 124 cm³/mol. The molecular weight excluding hydrogens is 452 g/mol. The molecule has 11 heteroatoms. The minimum atomic E-state index is -3.58. The van der Waals surface area contributed by atoms with Crippen molar-refractivity contribution >= 4 is 49.0 Å². The van der Waals surface area contributed by atoms with Crippen molar-refractivity contribution in [3.05, 3.63) is 65.2 Å². The average Bonchev–Trinajstić information content (AvgIpc) is 3.21. The third-order valence-corrected chi connectivity index (χ3v) is 7.07. The molecule has 1 N–H and O–H groups in total. The second kappa shape index (κ2) is 8.60. The first kappa shape index (κ1) is 21.8. The van der Waals surface area contributed by atoms with Crippen molar-refractivity contribution in [1.29, 1.82) is 5.41 Å². The third kappa shape index (κ3) is 4.43. The fraction of sp³-hybridized carbons (Fsp3) is 0.143. The van der Waals surface area contributed by atoms with Crippen molar-refractivity contribution in [1.82, 2.24) is 5.01 Å². The molecule has 0 unspecified atom stereocenters. The second-order valence-corrected chi connectivity index (χ2v) is 9.99. The van der Waals surface area contributed by atoms with Crippen molar-refractivity contribution in [2.45, 2.75) is 6.61 Å². The number of thioether (sulfide) groups is 1. The van der Waals surface area contributed by atoms with Crippen LogP contribution in [0.5, 0.6) is 11.5 Å². The highest BCUT2D eigenvalue weighted by Crippen LogP contribution is 2.32. The normalized spacial score (nSPS) is 17.2. The van der Waals surface area contributed by atoms with Crippen LogP contribution in [-0.4, -0.2) is 48.1 Å². The quantitative estimate of drug-likeness (QED) is 0.667. The van der Waals surface area contributed by atoms with Crippen molar-refractivity contribution in [2.75, 3.05) is 13.4 Å². The molecule has 2 heterocycles. The van der Waals surface area contributed by atoms with E-state index in [1.807, 2.05) is 30.3 Å². The molecule has 0 radical (unpaired) electrons. The summed E-state index contributed by atoms with van der Waals surface area (Å²) < 4.78 is 34.6. The van der Waals surface area contributed by atoms with Crippen LogP contribution >= 0.6 is 11.8 Å². The Bertz CT molecular complexity index is 1300. The molecule has 2 aliphatic heterocycles. The largest absolute Gasteiger partial charge is 0.493 e. The lowest BCUT2D eigenvalue weighted by Crippen LogP contribution is -2.35. The van der Waals surface area contributed by atoms with Crippen LogP contribution in [0.1, 0.15) is 11.1 Å². The van der Waals surface area contributed by atoms with E-state index in [-0.39, 0.29) is 21.0 Å². The third-order valence-electron chi connectivity index (χ3n) is 4.49. The first-order valence-electron chi connectivity index (χ1n) is 9.31. The summed E-state index contributed by atoms with van der Waals surface area (Å²) in [6.07, 6.45) is 2.49. The van der Waals surface area contributed by atoms with Gasteiger partial charge in [0.25, 0.3) is 5.91 Å². The maximum Gasteiger partial charge on any atom is 0.283 e. The number of hydrazone groups is 1. The van der Waals surface area contributed by atoms with Gasteiger partial charge >= 0.3 is 0 Å². The van der Waals surface area contributed by atoms with E-state index >= 15 is 0 Å². The summed E-state index contributed by atoms with van der Waals surface area (Å²) in [5.41, 5.74) is 1.57. The topological polar surface area (TPSA) is 121 Å². The van der Waals surface area contributed by atoms with Crippen molar-refractivity contribution in [2.24, 2.45) is 10.1 Å². The first-order chi connectivity index (χ1) is 15.3. The highest BCUT2D eigenvalue weighted by atomic mass is 32.3. The highest BCUT2D eigenvalue weighted by molar-refractivity contribution is 8.42. The number of nitrogens with one attached hydrogen (secondary N) is 1. The molecule has 0 saturated heterocycles. The Balaban J connectivity index is 1.59. The number of amides is 1. The maximum absolute atomic E-state index is 12.5. The lowest BCUT2D eigenvalue weighted by atomic mass is 10.1. The molecule has 0 saturated carbocycles. The van der Waals surface area contributed by atoms with Gasteiger partial charge in [0.15, 0.2) is 17.3 Å². The average molecular weight is 471 g/mol. The Kier molecular flexibility index (Phi) is 5.85.